The maximum absolute atomic E-state index is 13.2. The van der Waals surface area contributed by atoms with Gasteiger partial charge in [0.25, 0.3) is 0 Å². The van der Waals surface area contributed by atoms with E-state index in [4.69, 9.17) is 34.9 Å². The normalized spacial score (nSPS) is 12.3. The lowest BCUT2D eigenvalue weighted by atomic mass is 9.84. The predicted molar refractivity (Wildman–Crippen MR) is 308 cm³/mol. The Balaban J connectivity index is -0.00000188. The Morgan fingerprint density at radius 3 is 1.62 bits per heavy atom. The number of ether oxygens (including phenoxy) is 4. The smallest absolute Gasteiger partial charge is 0.326 e. The molecule has 0 saturated carbocycles. The first kappa shape index (κ1) is 74.6. The molecule has 0 aliphatic carbocycles. The molecule has 3 atom stereocenters. The minimum Gasteiger partial charge on any atom is -0.481 e. The lowest BCUT2D eigenvalue weighted by Gasteiger charge is -2.28. The number of carboxylic acid groups (broad SMARTS) is 2. The fraction of sp³-hybridized carbons (Fsp3) is 0.789. The molecule has 23 nitrogen and oxygen atoms in total. The number of carbonyl (C=O) groups excluding carboxylic acids is 7. The standard InChI is InChI=1S/C35H59N7O12.C22H43NO3.2H2/c1-4-30(45)39-11-13-51-15-18-54-23-32(47)40-12-14-52-16-17-53-22-31(46)38-10-6-5-7-25(28(43)8-9-33(48)49)19-29(44)35(2,3)42-34(50)27(36)20-26-21-37-24-41-26;1-3-5-6-7-8-9-10-11-12-13-14-15-16-17-18-19-21(24)23-20(4-2)22(25)26;;/h21,24-25,27H,4-20,22-23,36H2,1-3H3,(H,37,41)(H,38,46)(H,39,45)(H,40,47)(H,42,50)(H,48,49);20H,3-19H2,1-2H3,(H,23,24)(H,25,26);2*1H/t25-,27+;20-;;/m10../s1. The molecule has 0 bridgehead atoms. The summed E-state index contributed by atoms with van der Waals surface area (Å²) in [6.45, 7) is 11.0. The molecule has 1 rings (SSSR count). The number of nitrogens with two attached hydrogens (primary N) is 1. The number of aliphatic carboxylic acids is 2. The summed E-state index contributed by atoms with van der Waals surface area (Å²) >= 11 is 0. The van der Waals surface area contributed by atoms with E-state index < -0.39 is 47.2 Å². The van der Waals surface area contributed by atoms with E-state index in [0.29, 0.717) is 70.5 Å². The van der Waals surface area contributed by atoms with Gasteiger partial charge in [0, 0.05) is 72.4 Å². The Kier molecular flexibility index (Phi) is 46.1. The fourth-order valence-electron chi connectivity index (χ4n) is 8.01. The summed E-state index contributed by atoms with van der Waals surface area (Å²) in [7, 11) is 0. The van der Waals surface area contributed by atoms with Gasteiger partial charge in [0.05, 0.1) is 64.0 Å². The summed E-state index contributed by atoms with van der Waals surface area (Å²) in [6.07, 6.45) is 24.5. The third-order valence-electron chi connectivity index (χ3n) is 13.0. The van der Waals surface area contributed by atoms with Crippen LogP contribution in [0.25, 0.3) is 0 Å². The summed E-state index contributed by atoms with van der Waals surface area (Å²) in [5, 5.41) is 31.2. The van der Waals surface area contributed by atoms with Crippen molar-refractivity contribution in [2.75, 3.05) is 72.5 Å². The molecule has 0 radical (unpaired) electrons. The SMILES string of the molecule is CCC(=O)NCCOCCOCC(=O)NCCOCCOCC(=O)NCCCC[C@H](CC(=O)C(C)(C)NC(=O)[C@@H](N)Cc1cnc[nH]1)C(=O)CCC(=O)O.CCCCCCCCCCCCCCCCCC(=O)N[C@@H](CC)C(=O)O.[HH].[HH]. The van der Waals surface area contributed by atoms with Crippen LogP contribution in [0.2, 0.25) is 0 Å². The van der Waals surface area contributed by atoms with Gasteiger partial charge in [-0.2, -0.15) is 0 Å². The molecular weight excluding hydrogens is 1040 g/mol. The third-order valence-corrected chi connectivity index (χ3v) is 13.0. The summed E-state index contributed by atoms with van der Waals surface area (Å²) in [6, 6.07) is -1.67. The van der Waals surface area contributed by atoms with Crippen molar-refractivity contribution in [3.63, 3.8) is 0 Å². The van der Waals surface area contributed by atoms with E-state index in [-0.39, 0.29) is 104 Å². The number of rotatable bonds is 52. The number of ketones is 2. The largest absolute Gasteiger partial charge is 0.481 e. The molecular formula is C57H106N8O15. The minimum absolute atomic E-state index is 0. The molecule has 0 aromatic carbocycles. The number of imidazole rings is 1. The van der Waals surface area contributed by atoms with Crippen LogP contribution in [-0.2, 0) is 68.5 Å². The molecule has 80 heavy (non-hydrogen) atoms. The lowest BCUT2D eigenvalue weighted by molar-refractivity contribution is -0.142. The molecule has 0 spiro atoms. The van der Waals surface area contributed by atoms with Crippen LogP contribution in [0.15, 0.2) is 12.5 Å². The maximum atomic E-state index is 13.2. The van der Waals surface area contributed by atoms with Crippen LogP contribution >= 0.6 is 0 Å². The minimum atomic E-state index is -1.33. The molecule has 1 aromatic heterocycles. The van der Waals surface area contributed by atoms with Gasteiger partial charge >= 0.3 is 11.9 Å². The van der Waals surface area contributed by atoms with E-state index in [2.05, 4.69) is 43.5 Å². The summed E-state index contributed by atoms with van der Waals surface area (Å²) < 4.78 is 21.2. The van der Waals surface area contributed by atoms with E-state index in [1.807, 2.05) is 0 Å². The number of hydrogen-bond acceptors (Lipinski definition) is 15. The summed E-state index contributed by atoms with van der Waals surface area (Å²) in [4.78, 5) is 114. The second-order valence-electron chi connectivity index (χ2n) is 20.5. The highest BCUT2D eigenvalue weighted by atomic mass is 16.5. The molecule has 23 heteroatoms. The van der Waals surface area contributed by atoms with Crippen molar-refractivity contribution < 1.29 is 75.2 Å². The molecule has 1 heterocycles. The molecule has 0 aliphatic heterocycles. The third kappa shape index (κ3) is 43.4. The highest BCUT2D eigenvalue weighted by Gasteiger charge is 2.34. The van der Waals surface area contributed by atoms with Crippen LogP contribution in [0.1, 0.15) is 197 Å². The Bertz CT molecular complexity index is 1870. The van der Waals surface area contributed by atoms with Crippen molar-refractivity contribution in [2.45, 2.75) is 213 Å². The zero-order valence-corrected chi connectivity index (χ0v) is 49.1. The van der Waals surface area contributed by atoms with Gasteiger partial charge in [-0.3, -0.25) is 38.4 Å². The van der Waals surface area contributed by atoms with E-state index in [1.165, 1.54) is 104 Å². The van der Waals surface area contributed by atoms with Crippen molar-refractivity contribution in [3.8, 4) is 0 Å². The molecule has 464 valence electrons. The van der Waals surface area contributed by atoms with Gasteiger partial charge in [0.15, 0.2) is 5.78 Å². The average molecular weight is 1140 g/mol. The zero-order valence-electron chi connectivity index (χ0n) is 49.1. The molecule has 0 aliphatic rings. The molecule has 1 aromatic rings. The van der Waals surface area contributed by atoms with Gasteiger partial charge in [-0.05, 0) is 39.5 Å². The number of nitrogens with zero attached hydrogens (tertiary/aromatic N) is 1. The molecule has 0 unspecified atom stereocenters. The number of aromatic nitrogens is 2. The van der Waals surface area contributed by atoms with Crippen LogP contribution in [0.5, 0.6) is 0 Å². The molecule has 0 fully saturated rings. The Morgan fingerprint density at radius 1 is 0.625 bits per heavy atom. The van der Waals surface area contributed by atoms with Crippen LogP contribution in [0.4, 0.5) is 0 Å². The Morgan fingerprint density at radius 2 is 1.14 bits per heavy atom. The highest BCUT2D eigenvalue weighted by Crippen LogP contribution is 2.22. The topological polar surface area (TPSA) is 346 Å². The van der Waals surface area contributed by atoms with Gasteiger partial charge in [0.2, 0.25) is 29.5 Å². The fourth-order valence-corrected chi connectivity index (χ4v) is 8.01. The number of carbonyl (C=O) groups is 9. The Labute approximate surface area is 478 Å². The van der Waals surface area contributed by atoms with Crippen molar-refractivity contribution in [2.24, 2.45) is 11.7 Å². The highest BCUT2D eigenvalue weighted by molar-refractivity contribution is 5.96. The monoisotopic (exact) mass is 1140 g/mol. The first-order valence-corrected chi connectivity index (χ1v) is 29.3. The number of amides is 5. The Hall–Kier alpha value is -5.36. The second-order valence-corrected chi connectivity index (χ2v) is 20.5. The number of unbranched alkanes of at least 4 members (excludes halogenated alkanes) is 15. The van der Waals surface area contributed by atoms with Crippen LogP contribution in [-0.4, -0.2) is 163 Å². The van der Waals surface area contributed by atoms with Crippen molar-refractivity contribution in [1.82, 2.24) is 36.6 Å². The number of aromatic amines is 1. The first-order chi connectivity index (χ1) is 38.4. The van der Waals surface area contributed by atoms with E-state index in [1.54, 1.807) is 20.0 Å². The molecule has 10 N–H and O–H groups in total. The average Bonchev–Trinajstić information content (AvgIpc) is 3.94. The summed E-state index contributed by atoms with van der Waals surface area (Å²) in [5.74, 6) is -4.94. The van der Waals surface area contributed by atoms with Crippen LogP contribution in [0.3, 0.4) is 0 Å². The first-order valence-electron chi connectivity index (χ1n) is 29.3. The quantitative estimate of drug-likeness (QED) is 0.0343. The maximum Gasteiger partial charge on any atom is 0.326 e. The molecule has 5 amide bonds. The number of Topliss-reactive ketones (excluding diaryl/α,β-unsaturated/α-hetero) is 2. The van der Waals surface area contributed by atoms with E-state index in [9.17, 15) is 43.2 Å². The van der Waals surface area contributed by atoms with Gasteiger partial charge in [-0.25, -0.2) is 9.78 Å². The van der Waals surface area contributed by atoms with Crippen molar-refractivity contribution in [3.05, 3.63) is 18.2 Å². The zero-order chi connectivity index (χ0) is 59.7. The van der Waals surface area contributed by atoms with E-state index in [0.717, 1.165) is 12.8 Å². The molecule has 0 saturated heterocycles. The number of hydrogen-bond donors (Lipinski definition) is 9. The van der Waals surface area contributed by atoms with Gasteiger partial charge in [-0.1, -0.05) is 117 Å². The van der Waals surface area contributed by atoms with Gasteiger partial charge < -0.3 is 66.5 Å². The van der Waals surface area contributed by atoms with Crippen LogP contribution < -0.4 is 32.3 Å². The number of H-pyrrole nitrogens is 1. The van der Waals surface area contributed by atoms with Crippen LogP contribution in [0, 0.1) is 5.92 Å². The van der Waals surface area contributed by atoms with Gasteiger partial charge in [0.1, 0.15) is 25.0 Å². The van der Waals surface area contributed by atoms with Gasteiger partial charge in [-0.15, -0.1) is 0 Å². The van der Waals surface area contributed by atoms with Crippen molar-refractivity contribution >= 4 is 53.0 Å². The van der Waals surface area contributed by atoms with Crippen molar-refractivity contribution in [1.29, 1.82) is 0 Å². The second kappa shape index (κ2) is 49.5. The van der Waals surface area contributed by atoms with E-state index >= 15 is 0 Å². The number of nitrogens with one attached hydrogen (secondary N) is 6. The number of carboxylic acids is 2. The lowest BCUT2D eigenvalue weighted by Crippen LogP contribution is -2.55. The predicted octanol–water partition coefficient (Wildman–Crippen LogP) is 5.90. The summed E-state index contributed by atoms with van der Waals surface area (Å²) in [5.41, 5.74) is 5.33.